The molecule has 0 bridgehead atoms. The van der Waals surface area contributed by atoms with Gasteiger partial charge in [0.25, 0.3) is 5.69 Å². The molecule has 4 rings (SSSR count). The zero-order valence-electron chi connectivity index (χ0n) is 23.5. The van der Waals surface area contributed by atoms with Gasteiger partial charge in [0.05, 0.1) is 23.2 Å². The highest BCUT2D eigenvalue weighted by Crippen LogP contribution is 2.39. The second kappa shape index (κ2) is 10.3. The number of rotatable bonds is 9. The Bertz CT molecular complexity index is 1580. The van der Waals surface area contributed by atoms with Crippen LogP contribution < -0.4 is 15.0 Å². The Labute approximate surface area is 215 Å². The van der Waals surface area contributed by atoms with Gasteiger partial charge in [-0.1, -0.05) is 0 Å². The Hall–Kier alpha value is -4.39. The number of nitro groups is 1. The van der Waals surface area contributed by atoms with Gasteiger partial charge in [0.1, 0.15) is 28.5 Å². The smallest absolute Gasteiger partial charge is 0.294 e. The molecule has 2 heterocycles. The first-order valence-corrected chi connectivity index (χ1v) is 11.0. The molecular formula is C24H26F2N8O3. The van der Waals surface area contributed by atoms with Gasteiger partial charge in [-0.05, 0) is 26.2 Å². The first kappa shape index (κ1) is 21.9. The van der Waals surface area contributed by atoms with E-state index in [1.807, 2.05) is 19.0 Å². The summed E-state index contributed by atoms with van der Waals surface area (Å²) in [5.41, 5.74) is -0.308. The van der Waals surface area contributed by atoms with Gasteiger partial charge < -0.3 is 24.4 Å². The third-order valence-electron chi connectivity index (χ3n) is 5.60. The van der Waals surface area contributed by atoms with Crippen molar-refractivity contribution in [3.05, 3.63) is 58.3 Å². The SMILES string of the molecule is [2H]C([2H])([2H])n1c(-c2ccnc(Nc3cc([N+](=O)[O-])c(N(C)CCN(C)C)cc3OC)n2)nc2c(F)cc(F)cc21. The quantitative estimate of drug-likeness (QED) is 0.261. The van der Waals surface area contributed by atoms with E-state index in [0.29, 0.717) is 29.4 Å². The second-order valence-corrected chi connectivity index (χ2v) is 8.44. The Morgan fingerprint density at radius 2 is 1.97 bits per heavy atom. The molecule has 0 aliphatic carbocycles. The summed E-state index contributed by atoms with van der Waals surface area (Å²) in [5.74, 6) is -2.05. The monoisotopic (exact) mass is 515 g/mol. The number of nitro benzene ring substituents is 1. The highest BCUT2D eigenvalue weighted by atomic mass is 19.1. The lowest BCUT2D eigenvalue weighted by Gasteiger charge is -2.22. The van der Waals surface area contributed by atoms with Crippen molar-refractivity contribution in [1.29, 1.82) is 0 Å². The maximum atomic E-state index is 14.5. The molecule has 13 heteroatoms. The van der Waals surface area contributed by atoms with Crippen molar-refractivity contribution in [3.63, 3.8) is 0 Å². The molecule has 0 aliphatic rings. The number of imidazole rings is 1. The van der Waals surface area contributed by atoms with Crippen LogP contribution in [0.3, 0.4) is 0 Å². The number of anilines is 3. The van der Waals surface area contributed by atoms with Crippen molar-refractivity contribution in [1.82, 2.24) is 24.4 Å². The van der Waals surface area contributed by atoms with Crippen LogP contribution >= 0.6 is 0 Å². The van der Waals surface area contributed by atoms with Crippen molar-refractivity contribution in [2.24, 2.45) is 6.98 Å². The van der Waals surface area contributed by atoms with Gasteiger partial charge in [0.2, 0.25) is 5.95 Å². The van der Waals surface area contributed by atoms with Crippen LogP contribution in [0.2, 0.25) is 0 Å². The van der Waals surface area contributed by atoms with Gasteiger partial charge in [-0.25, -0.2) is 23.7 Å². The normalized spacial score (nSPS) is 12.8. The van der Waals surface area contributed by atoms with E-state index in [9.17, 15) is 18.9 Å². The van der Waals surface area contributed by atoms with Crippen LogP contribution in [0.4, 0.5) is 31.8 Å². The molecule has 2 aromatic heterocycles. The molecule has 0 amide bonds. The fraction of sp³-hybridized carbons (Fsp3) is 0.292. The van der Waals surface area contributed by atoms with E-state index in [2.05, 4.69) is 20.3 Å². The van der Waals surface area contributed by atoms with Gasteiger partial charge in [0, 0.05) is 55.6 Å². The summed E-state index contributed by atoms with van der Waals surface area (Å²) < 4.78 is 58.3. The topological polar surface area (TPSA) is 114 Å². The Morgan fingerprint density at radius 1 is 1.19 bits per heavy atom. The molecule has 0 radical (unpaired) electrons. The summed E-state index contributed by atoms with van der Waals surface area (Å²) in [4.78, 5) is 27.6. The zero-order chi connectivity index (χ0) is 29.4. The molecule has 0 unspecified atom stereocenters. The number of aromatic nitrogens is 4. The van der Waals surface area contributed by atoms with Crippen LogP contribution in [-0.2, 0) is 6.98 Å². The van der Waals surface area contributed by atoms with Gasteiger partial charge in [0.15, 0.2) is 11.6 Å². The van der Waals surface area contributed by atoms with Gasteiger partial charge in [-0.2, -0.15) is 0 Å². The lowest BCUT2D eigenvalue weighted by atomic mass is 10.2. The average molecular weight is 516 g/mol. The van der Waals surface area contributed by atoms with Crippen molar-refractivity contribution < 1.29 is 22.6 Å². The summed E-state index contributed by atoms with van der Waals surface area (Å²) in [6.07, 6.45) is 1.30. The van der Waals surface area contributed by atoms with Gasteiger partial charge in [-0.3, -0.25) is 10.1 Å². The van der Waals surface area contributed by atoms with Crippen molar-refractivity contribution in [3.8, 4) is 17.3 Å². The number of halogens is 2. The Balaban J connectivity index is 1.77. The first-order valence-electron chi connectivity index (χ1n) is 12.5. The molecule has 1 N–H and O–H groups in total. The Morgan fingerprint density at radius 3 is 2.65 bits per heavy atom. The van der Waals surface area contributed by atoms with Crippen molar-refractivity contribution in [2.45, 2.75) is 0 Å². The fourth-order valence-corrected chi connectivity index (χ4v) is 3.69. The summed E-state index contributed by atoms with van der Waals surface area (Å²) in [6.45, 7) is -1.67. The number of hydrogen-bond acceptors (Lipinski definition) is 9. The van der Waals surface area contributed by atoms with E-state index < -0.39 is 23.5 Å². The van der Waals surface area contributed by atoms with Crippen LogP contribution in [0.1, 0.15) is 4.11 Å². The highest BCUT2D eigenvalue weighted by molar-refractivity contribution is 5.81. The molecule has 0 saturated heterocycles. The zero-order valence-corrected chi connectivity index (χ0v) is 20.5. The molecule has 37 heavy (non-hydrogen) atoms. The van der Waals surface area contributed by atoms with Crippen molar-refractivity contribution >= 4 is 34.0 Å². The third kappa shape index (κ3) is 5.26. The molecule has 0 spiro atoms. The van der Waals surface area contributed by atoms with Gasteiger partial charge >= 0.3 is 0 Å². The maximum Gasteiger partial charge on any atom is 0.294 e. The van der Waals surface area contributed by atoms with Crippen LogP contribution in [0.5, 0.6) is 5.75 Å². The van der Waals surface area contributed by atoms with E-state index in [1.54, 1.807) is 11.9 Å². The van der Waals surface area contributed by atoms with Crippen LogP contribution in [0, 0.1) is 21.7 Å². The molecular weight excluding hydrogens is 486 g/mol. The number of methoxy groups -OCH3 is 1. The lowest BCUT2D eigenvalue weighted by Crippen LogP contribution is -2.28. The predicted molar refractivity (Wildman–Crippen MR) is 136 cm³/mol. The lowest BCUT2D eigenvalue weighted by molar-refractivity contribution is -0.384. The van der Waals surface area contributed by atoms with E-state index in [-0.39, 0.29) is 45.6 Å². The number of nitrogens with one attached hydrogen (secondary N) is 1. The molecule has 4 aromatic rings. The summed E-state index contributed by atoms with van der Waals surface area (Å²) in [5, 5.41) is 14.8. The minimum atomic E-state index is -2.85. The van der Waals surface area contributed by atoms with Crippen LogP contribution in [0.25, 0.3) is 22.6 Å². The van der Waals surface area contributed by atoms with E-state index >= 15 is 0 Å². The number of aryl methyl sites for hydroxylation is 1. The fourth-order valence-electron chi connectivity index (χ4n) is 3.69. The van der Waals surface area contributed by atoms with E-state index in [1.165, 1.54) is 31.5 Å². The molecule has 2 aromatic carbocycles. The average Bonchev–Trinajstić information content (AvgIpc) is 3.27. The van der Waals surface area contributed by atoms with E-state index in [4.69, 9.17) is 8.85 Å². The van der Waals surface area contributed by atoms with Crippen LogP contribution in [0.15, 0.2) is 36.5 Å². The maximum absolute atomic E-state index is 14.5. The number of nitrogens with zero attached hydrogens (tertiary/aromatic N) is 7. The number of fused-ring (bicyclic) bond motifs is 1. The molecule has 0 saturated carbocycles. The van der Waals surface area contributed by atoms with Crippen molar-refractivity contribution in [2.75, 3.05) is 51.6 Å². The molecule has 0 fully saturated rings. The number of benzene rings is 2. The minimum Gasteiger partial charge on any atom is -0.494 e. The predicted octanol–water partition coefficient (Wildman–Crippen LogP) is 3.97. The summed E-state index contributed by atoms with van der Waals surface area (Å²) in [6, 6.07) is 5.64. The highest BCUT2D eigenvalue weighted by Gasteiger charge is 2.23. The summed E-state index contributed by atoms with van der Waals surface area (Å²) in [7, 11) is 6.92. The van der Waals surface area contributed by atoms with Crippen LogP contribution in [-0.4, -0.2) is 70.7 Å². The minimum absolute atomic E-state index is 0.0156. The first-order chi connectivity index (χ1) is 18.8. The number of hydrogen-bond donors (Lipinski definition) is 1. The number of ether oxygens (including phenoxy) is 1. The molecule has 0 atom stereocenters. The number of likely N-dealkylation sites (N-methyl/N-ethyl adjacent to an activating group) is 2. The molecule has 0 aliphatic heterocycles. The summed E-state index contributed by atoms with van der Waals surface area (Å²) >= 11 is 0. The molecule has 194 valence electrons. The molecule has 11 nitrogen and oxygen atoms in total. The largest absolute Gasteiger partial charge is 0.494 e. The second-order valence-electron chi connectivity index (χ2n) is 8.44. The van der Waals surface area contributed by atoms with E-state index in [0.717, 1.165) is 6.07 Å². The Kier molecular flexibility index (Phi) is 6.09. The van der Waals surface area contributed by atoms with Gasteiger partial charge in [-0.15, -0.1) is 0 Å². The standard InChI is InChI=1S/C24H26F2N8O3/c1-31(2)8-9-32(3)18-13-21(37-5)17(12-19(18)34(35)36)29-24-27-7-6-16(28-24)23-30-22-15(26)10-14(25)11-20(22)33(23)4/h6-7,10-13H,8-9H2,1-5H3,(H,27,28,29)/i4D3. The third-order valence-corrected chi connectivity index (χ3v) is 5.60.